The molecule has 1 unspecified atom stereocenters. The minimum Gasteiger partial charge on any atom is -0.497 e. The van der Waals surface area contributed by atoms with Gasteiger partial charge < -0.3 is 25.0 Å². The number of aliphatic carboxylic acids is 2. The summed E-state index contributed by atoms with van der Waals surface area (Å²) in [6, 6.07) is 8.17. The van der Waals surface area contributed by atoms with Gasteiger partial charge in [-0.3, -0.25) is 0 Å². The average Bonchev–Trinajstić information content (AvgIpc) is 2.60. The second-order valence-corrected chi connectivity index (χ2v) is 6.86. The van der Waals surface area contributed by atoms with Crippen molar-refractivity contribution < 1.29 is 29.6 Å². The molecule has 0 aliphatic heterocycles. The van der Waals surface area contributed by atoms with Gasteiger partial charge in [0.2, 0.25) is 0 Å². The SMILES string of the molecule is COc1ccc(C(CN(C)C)C2(O)CCCCC2)cc1.O=C(O)C(=O)O. The third-order valence-corrected chi connectivity index (χ3v) is 4.62. The van der Waals surface area contributed by atoms with Crippen LogP contribution in [0.15, 0.2) is 24.3 Å². The Bertz CT molecular complexity index is 566. The number of aliphatic hydroxyl groups is 1. The molecule has 26 heavy (non-hydrogen) atoms. The van der Waals surface area contributed by atoms with E-state index < -0.39 is 17.5 Å². The molecule has 0 saturated heterocycles. The molecule has 0 amide bonds. The number of methoxy groups -OCH3 is 1. The molecule has 3 N–H and O–H groups in total. The normalized spacial score (nSPS) is 17.0. The number of benzene rings is 1. The molecule has 0 bridgehead atoms. The van der Waals surface area contributed by atoms with Crippen LogP contribution in [0.3, 0.4) is 0 Å². The first-order valence-electron chi connectivity index (χ1n) is 8.67. The van der Waals surface area contributed by atoms with Crippen LogP contribution in [-0.4, -0.2) is 65.5 Å². The molecule has 1 aromatic rings. The van der Waals surface area contributed by atoms with Gasteiger partial charge in [0.1, 0.15) is 5.75 Å². The Labute approximate surface area is 154 Å². The molecule has 1 aromatic carbocycles. The predicted molar refractivity (Wildman–Crippen MR) is 97.6 cm³/mol. The van der Waals surface area contributed by atoms with Gasteiger partial charge in [-0.1, -0.05) is 31.4 Å². The van der Waals surface area contributed by atoms with Gasteiger partial charge in [-0.05, 0) is 44.6 Å². The van der Waals surface area contributed by atoms with Gasteiger partial charge >= 0.3 is 11.9 Å². The lowest BCUT2D eigenvalue weighted by atomic mass is 9.72. The van der Waals surface area contributed by atoms with E-state index >= 15 is 0 Å². The summed E-state index contributed by atoms with van der Waals surface area (Å²) < 4.78 is 5.23. The molecule has 1 aliphatic rings. The van der Waals surface area contributed by atoms with Gasteiger partial charge in [-0.25, -0.2) is 9.59 Å². The van der Waals surface area contributed by atoms with Crippen molar-refractivity contribution in [2.24, 2.45) is 0 Å². The Morgan fingerprint density at radius 2 is 1.58 bits per heavy atom. The monoisotopic (exact) mass is 367 g/mol. The fourth-order valence-corrected chi connectivity index (χ4v) is 3.30. The second kappa shape index (κ2) is 10.1. The highest BCUT2D eigenvalue weighted by Crippen LogP contribution is 2.40. The maximum absolute atomic E-state index is 11.1. The van der Waals surface area contributed by atoms with Crippen molar-refractivity contribution in [1.82, 2.24) is 4.90 Å². The molecule has 0 radical (unpaired) electrons. The van der Waals surface area contributed by atoms with Gasteiger partial charge in [0, 0.05) is 12.5 Å². The average molecular weight is 367 g/mol. The summed E-state index contributed by atoms with van der Waals surface area (Å²) in [5, 5.41) is 25.9. The van der Waals surface area contributed by atoms with Crippen molar-refractivity contribution in [3.63, 3.8) is 0 Å². The highest BCUT2D eigenvalue weighted by molar-refractivity contribution is 6.27. The summed E-state index contributed by atoms with van der Waals surface area (Å²) in [7, 11) is 5.83. The summed E-state index contributed by atoms with van der Waals surface area (Å²) in [6.45, 7) is 0.878. The molecule has 0 heterocycles. The third kappa shape index (κ3) is 6.65. The minimum atomic E-state index is -1.82. The molecular formula is C19H29NO6. The van der Waals surface area contributed by atoms with E-state index in [0.717, 1.165) is 38.0 Å². The van der Waals surface area contributed by atoms with Crippen molar-refractivity contribution in [3.8, 4) is 5.75 Å². The molecule has 0 spiro atoms. The van der Waals surface area contributed by atoms with E-state index in [0.29, 0.717) is 0 Å². The van der Waals surface area contributed by atoms with Crippen LogP contribution >= 0.6 is 0 Å². The molecule has 1 aliphatic carbocycles. The number of hydrogen-bond donors (Lipinski definition) is 3. The molecule has 146 valence electrons. The van der Waals surface area contributed by atoms with E-state index in [4.69, 9.17) is 24.5 Å². The standard InChI is InChI=1S/C17H27NO2.C2H2O4/c1-18(2)13-16(17(19)11-5-4-6-12-17)14-7-9-15(20-3)10-8-14;3-1(4)2(5)6/h7-10,16,19H,4-6,11-13H2,1-3H3;(H,3,4)(H,5,6). The fraction of sp³-hybridized carbons (Fsp3) is 0.579. The van der Waals surface area contributed by atoms with Crippen molar-refractivity contribution in [1.29, 1.82) is 0 Å². The molecule has 7 nitrogen and oxygen atoms in total. The maximum atomic E-state index is 11.1. The number of nitrogens with zero attached hydrogens (tertiary/aromatic N) is 1. The Kier molecular flexibility index (Phi) is 8.54. The van der Waals surface area contributed by atoms with E-state index in [1.807, 2.05) is 12.1 Å². The Morgan fingerprint density at radius 3 is 1.96 bits per heavy atom. The van der Waals surface area contributed by atoms with Gasteiger partial charge in [0.15, 0.2) is 0 Å². The molecule has 2 rings (SSSR count). The summed E-state index contributed by atoms with van der Waals surface area (Å²) in [5.41, 5.74) is 0.654. The zero-order valence-electron chi connectivity index (χ0n) is 15.6. The first-order valence-corrected chi connectivity index (χ1v) is 8.67. The highest BCUT2D eigenvalue weighted by Gasteiger charge is 2.38. The number of carbonyl (C=O) groups is 2. The lowest BCUT2D eigenvalue weighted by Gasteiger charge is -2.40. The minimum absolute atomic E-state index is 0.170. The Hall–Kier alpha value is -2.12. The fourth-order valence-electron chi connectivity index (χ4n) is 3.30. The maximum Gasteiger partial charge on any atom is 0.414 e. The van der Waals surface area contributed by atoms with E-state index in [-0.39, 0.29) is 5.92 Å². The van der Waals surface area contributed by atoms with E-state index in [1.54, 1.807) is 7.11 Å². The molecular weight excluding hydrogens is 338 g/mol. The Balaban J connectivity index is 0.000000487. The quantitative estimate of drug-likeness (QED) is 0.685. The summed E-state index contributed by atoms with van der Waals surface area (Å²) in [5.74, 6) is -2.61. The number of rotatable bonds is 5. The lowest BCUT2D eigenvalue weighted by molar-refractivity contribution is -0.159. The number of ether oxygens (including phenoxy) is 1. The Morgan fingerprint density at radius 1 is 1.08 bits per heavy atom. The molecule has 1 saturated carbocycles. The lowest BCUT2D eigenvalue weighted by Crippen LogP contribution is -2.42. The molecule has 1 atom stereocenters. The van der Waals surface area contributed by atoms with Gasteiger partial charge in [-0.15, -0.1) is 0 Å². The van der Waals surface area contributed by atoms with E-state index in [2.05, 4.69) is 31.1 Å². The summed E-state index contributed by atoms with van der Waals surface area (Å²) in [6.07, 6.45) is 5.35. The van der Waals surface area contributed by atoms with Crippen molar-refractivity contribution >= 4 is 11.9 Å². The van der Waals surface area contributed by atoms with Crippen LogP contribution in [0.4, 0.5) is 0 Å². The first-order chi connectivity index (χ1) is 12.2. The van der Waals surface area contributed by atoms with Crippen molar-refractivity contribution in [3.05, 3.63) is 29.8 Å². The van der Waals surface area contributed by atoms with Gasteiger partial charge in [0.25, 0.3) is 0 Å². The zero-order chi connectivity index (χ0) is 19.7. The van der Waals surface area contributed by atoms with Crippen molar-refractivity contribution in [2.75, 3.05) is 27.7 Å². The largest absolute Gasteiger partial charge is 0.497 e. The topological polar surface area (TPSA) is 107 Å². The zero-order valence-corrected chi connectivity index (χ0v) is 15.6. The van der Waals surface area contributed by atoms with Crippen LogP contribution in [0.5, 0.6) is 5.75 Å². The number of hydrogen-bond acceptors (Lipinski definition) is 5. The highest BCUT2D eigenvalue weighted by atomic mass is 16.5. The third-order valence-electron chi connectivity index (χ3n) is 4.62. The van der Waals surface area contributed by atoms with Crippen LogP contribution in [0.2, 0.25) is 0 Å². The van der Waals surface area contributed by atoms with Gasteiger partial charge in [-0.2, -0.15) is 0 Å². The molecule has 7 heteroatoms. The van der Waals surface area contributed by atoms with Crippen LogP contribution in [-0.2, 0) is 9.59 Å². The van der Waals surface area contributed by atoms with Crippen LogP contribution in [0.25, 0.3) is 0 Å². The van der Waals surface area contributed by atoms with E-state index in [1.165, 1.54) is 12.0 Å². The van der Waals surface area contributed by atoms with Gasteiger partial charge in [0.05, 0.1) is 12.7 Å². The number of carboxylic acids is 2. The number of carboxylic acid groups (broad SMARTS) is 2. The smallest absolute Gasteiger partial charge is 0.414 e. The first kappa shape index (κ1) is 21.9. The second-order valence-electron chi connectivity index (χ2n) is 6.86. The van der Waals surface area contributed by atoms with Crippen LogP contribution in [0.1, 0.15) is 43.6 Å². The number of likely N-dealkylation sites (N-methyl/N-ethyl adjacent to an activating group) is 1. The molecule has 0 aromatic heterocycles. The van der Waals surface area contributed by atoms with Crippen molar-refractivity contribution in [2.45, 2.75) is 43.6 Å². The molecule has 1 fully saturated rings. The van der Waals surface area contributed by atoms with Crippen LogP contribution < -0.4 is 4.74 Å². The predicted octanol–water partition coefficient (Wildman–Crippen LogP) is 2.19. The summed E-state index contributed by atoms with van der Waals surface area (Å²) in [4.78, 5) is 20.4. The summed E-state index contributed by atoms with van der Waals surface area (Å²) >= 11 is 0. The van der Waals surface area contributed by atoms with E-state index in [9.17, 15) is 5.11 Å². The van der Waals surface area contributed by atoms with Crippen LogP contribution in [0, 0.1) is 0 Å².